The number of aliphatic carboxylic acids is 1. The molecule has 1 saturated heterocycles. The van der Waals surface area contributed by atoms with Crippen LogP contribution in [0.5, 0.6) is 0 Å². The summed E-state index contributed by atoms with van der Waals surface area (Å²) in [6, 6.07) is 6.19. The predicted octanol–water partition coefficient (Wildman–Crippen LogP) is 3.36. The minimum Gasteiger partial charge on any atom is -0.481 e. The van der Waals surface area contributed by atoms with E-state index in [0.717, 1.165) is 49.8 Å². The molecule has 1 aliphatic heterocycles. The number of rotatable bonds is 5. The first kappa shape index (κ1) is 18.7. The van der Waals surface area contributed by atoms with Gasteiger partial charge in [0.2, 0.25) is 0 Å². The first-order valence-electron chi connectivity index (χ1n) is 9.94. The summed E-state index contributed by atoms with van der Waals surface area (Å²) in [4.78, 5) is 26.1. The standard InChI is InChI=1S/C21H24FN3O3/c22-14-5-3-7-16(13-14)25-18-9-4-8-17(18)20(23-25)21(28)24-12-2-1-6-15(24)10-11-19(26)27/h3,5,7,13,15H,1-2,4,6,8-12H2,(H,26,27). The number of piperidine rings is 1. The van der Waals surface area contributed by atoms with Crippen LogP contribution < -0.4 is 0 Å². The molecule has 2 aromatic rings. The number of nitrogens with zero attached hydrogens (tertiary/aromatic N) is 3. The van der Waals surface area contributed by atoms with Crippen LogP contribution in [0.3, 0.4) is 0 Å². The normalized spacial score (nSPS) is 18.9. The maximum atomic E-state index is 13.7. The Labute approximate surface area is 163 Å². The van der Waals surface area contributed by atoms with Gasteiger partial charge in [0.1, 0.15) is 5.82 Å². The van der Waals surface area contributed by atoms with Crippen LogP contribution in [-0.2, 0) is 17.6 Å². The summed E-state index contributed by atoms with van der Waals surface area (Å²) in [7, 11) is 0. The van der Waals surface area contributed by atoms with Gasteiger partial charge in [0.05, 0.1) is 5.69 Å². The van der Waals surface area contributed by atoms with E-state index < -0.39 is 5.97 Å². The van der Waals surface area contributed by atoms with Gasteiger partial charge in [-0.25, -0.2) is 9.07 Å². The number of benzene rings is 1. The third-order valence-electron chi connectivity index (χ3n) is 5.76. The average Bonchev–Trinajstić information content (AvgIpc) is 3.28. The van der Waals surface area contributed by atoms with Crippen LogP contribution in [0.15, 0.2) is 24.3 Å². The van der Waals surface area contributed by atoms with E-state index in [1.54, 1.807) is 16.8 Å². The second-order valence-corrected chi connectivity index (χ2v) is 7.60. The van der Waals surface area contributed by atoms with Crippen LogP contribution in [0.4, 0.5) is 4.39 Å². The van der Waals surface area contributed by atoms with Crippen molar-refractivity contribution in [3.8, 4) is 5.69 Å². The smallest absolute Gasteiger partial charge is 0.303 e. The molecule has 0 saturated carbocycles. The van der Waals surface area contributed by atoms with Gasteiger partial charge in [-0.1, -0.05) is 6.07 Å². The molecule has 1 fully saturated rings. The molecule has 28 heavy (non-hydrogen) atoms. The number of likely N-dealkylation sites (tertiary alicyclic amines) is 1. The van der Waals surface area contributed by atoms with Crippen LogP contribution in [0, 0.1) is 5.82 Å². The number of carbonyl (C=O) groups excluding carboxylic acids is 1. The molecule has 1 unspecified atom stereocenters. The Morgan fingerprint density at radius 2 is 2.07 bits per heavy atom. The van der Waals surface area contributed by atoms with Crippen molar-refractivity contribution < 1.29 is 19.1 Å². The Morgan fingerprint density at radius 3 is 2.86 bits per heavy atom. The van der Waals surface area contributed by atoms with Crippen LogP contribution in [0.25, 0.3) is 5.69 Å². The monoisotopic (exact) mass is 385 g/mol. The minimum atomic E-state index is -0.839. The van der Waals surface area contributed by atoms with E-state index in [1.165, 1.54) is 12.1 Å². The van der Waals surface area contributed by atoms with Crippen LogP contribution in [0.1, 0.15) is 60.3 Å². The van der Waals surface area contributed by atoms with Crippen LogP contribution in [0.2, 0.25) is 0 Å². The molecule has 1 aliphatic carbocycles. The second kappa shape index (κ2) is 7.73. The molecular formula is C21H24FN3O3. The molecule has 1 amide bonds. The Kier molecular flexibility index (Phi) is 5.15. The van der Waals surface area contributed by atoms with E-state index in [4.69, 9.17) is 5.11 Å². The summed E-state index contributed by atoms with van der Waals surface area (Å²) in [5.41, 5.74) is 3.00. The lowest BCUT2D eigenvalue weighted by atomic mass is 9.97. The molecule has 7 heteroatoms. The largest absolute Gasteiger partial charge is 0.481 e. The third-order valence-corrected chi connectivity index (χ3v) is 5.76. The third kappa shape index (κ3) is 3.53. The van der Waals surface area contributed by atoms with E-state index >= 15 is 0 Å². The van der Waals surface area contributed by atoms with Crippen molar-refractivity contribution in [3.63, 3.8) is 0 Å². The summed E-state index contributed by atoms with van der Waals surface area (Å²) in [5, 5.41) is 13.6. The summed E-state index contributed by atoms with van der Waals surface area (Å²) in [6.45, 7) is 0.630. The van der Waals surface area contributed by atoms with Crippen molar-refractivity contribution in [2.75, 3.05) is 6.54 Å². The molecule has 0 radical (unpaired) electrons. The van der Waals surface area contributed by atoms with Gasteiger partial charge in [-0.2, -0.15) is 5.10 Å². The van der Waals surface area contributed by atoms with Gasteiger partial charge < -0.3 is 10.0 Å². The average molecular weight is 385 g/mol. The Hall–Kier alpha value is -2.70. The number of amides is 1. The van der Waals surface area contributed by atoms with Crippen LogP contribution in [-0.4, -0.2) is 44.3 Å². The van der Waals surface area contributed by atoms with Gasteiger partial charge in [0.25, 0.3) is 5.91 Å². The minimum absolute atomic E-state index is 0.0598. The number of aromatic nitrogens is 2. The number of carboxylic acid groups (broad SMARTS) is 1. The molecule has 2 heterocycles. The lowest BCUT2D eigenvalue weighted by Crippen LogP contribution is -2.44. The number of carboxylic acids is 1. The second-order valence-electron chi connectivity index (χ2n) is 7.60. The quantitative estimate of drug-likeness (QED) is 0.856. The van der Waals surface area contributed by atoms with Crippen molar-refractivity contribution in [2.24, 2.45) is 0 Å². The molecule has 4 rings (SSSR count). The summed E-state index contributed by atoms with van der Waals surface area (Å²) >= 11 is 0. The number of hydrogen-bond donors (Lipinski definition) is 1. The first-order chi connectivity index (χ1) is 13.5. The number of carbonyl (C=O) groups is 2. The zero-order chi connectivity index (χ0) is 19.7. The highest BCUT2D eigenvalue weighted by atomic mass is 19.1. The molecule has 1 aromatic carbocycles. The van der Waals surface area contributed by atoms with E-state index in [9.17, 15) is 14.0 Å². The highest BCUT2D eigenvalue weighted by Crippen LogP contribution is 2.31. The fourth-order valence-corrected chi connectivity index (χ4v) is 4.42. The van der Waals surface area contributed by atoms with Crippen molar-refractivity contribution in [3.05, 3.63) is 47.0 Å². The molecule has 6 nitrogen and oxygen atoms in total. The summed E-state index contributed by atoms with van der Waals surface area (Å²) in [6.07, 6.45) is 5.83. The molecule has 1 N–H and O–H groups in total. The lowest BCUT2D eigenvalue weighted by Gasteiger charge is -2.35. The summed E-state index contributed by atoms with van der Waals surface area (Å²) in [5.74, 6) is -1.30. The molecule has 2 aliphatic rings. The van der Waals surface area contributed by atoms with Gasteiger partial charge in [0, 0.05) is 30.3 Å². The zero-order valence-electron chi connectivity index (χ0n) is 15.7. The fourth-order valence-electron chi connectivity index (χ4n) is 4.42. The number of hydrogen-bond acceptors (Lipinski definition) is 3. The lowest BCUT2D eigenvalue weighted by molar-refractivity contribution is -0.137. The maximum absolute atomic E-state index is 13.7. The van der Waals surface area contributed by atoms with Gasteiger partial charge in [-0.05, 0) is 63.1 Å². The molecular weight excluding hydrogens is 361 g/mol. The van der Waals surface area contributed by atoms with E-state index in [1.807, 2.05) is 4.90 Å². The first-order valence-corrected chi connectivity index (χ1v) is 9.94. The SMILES string of the molecule is O=C(O)CCC1CCCCN1C(=O)c1nn(-c2cccc(F)c2)c2c1CCC2. The molecule has 1 aromatic heterocycles. The van der Waals surface area contributed by atoms with E-state index in [-0.39, 0.29) is 24.2 Å². The van der Waals surface area contributed by atoms with E-state index in [2.05, 4.69) is 5.10 Å². The van der Waals surface area contributed by atoms with Crippen molar-refractivity contribution in [1.82, 2.24) is 14.7 Å². The molecule has 148 valence electrons. The molecule has 0 bridgehead atoms. The predicted molar refractivity (Wildman–Crippen MR) is 101 cm³/mol. The Morgan fingerprint density at radius 1 is 1.21 bits per heavy atom. The Bertz CT molecular complexity index is 908. The number of halogens is 1. The molecule has 0 spiro atoms. The number of fused-ring (bicyclic) bond motifs is 1. The summed E-state index contributed by atoms with van der Waals surface area (Å²) < 4.78 is 15.4. The highest BCUT2D eigenvalue weighted by molar-refractivity contribution is 5.94. The maximum Gasteiger partial charge on any atom is 0.303 e. The topological polar surface area (TPSA) is 75.4 Å². The Balaban J connectivity index is 1.66. The van der Waals surface area contributed by atoms with Gasteiger partial charge in [0.15, 0.2) is 5.69 Å². The van der Waals surface area contributed by atoms with Crippen LogP contribution >= 0.6 is 0 Å². The van der Waals surface area contributed by atoms with Crippen molar-refractivity contribution in [2.45, 2.75) is 57.4 Å². The van der Waals surface area contributed by atoms with Crippen molar-refractivity contribution >= 4 is 11.9 Å². The highest BCUT2D eigenvalue weighted by Gasteiger charge is 2.33. The van der Waals surface area contributed by atoms with Gasteiger partial charge in [-0.15, -0.1) is 0 Å². The van der Waals surface area contributed by atoms with Crippen molar-refractivity contribution in [1.29, 1.82) is 0 Å². The van der Waals surface area contributed by atoms with E-state index in [0.29, 0.717) is 24.3 Å². The molecule has 1 atom stereocenters. The van der Waals surface area contributed by atoms with Gasteiger partial charge in [-0.3, -0.25) is 9.59 Å². The fraction of sp³-hybridized carbons (Fsp3) is 0.476. The zero-order valence-corrected chi connectivity index (χ0v) is 15.7. The van der Waals surface area contributed by atoms with Gasteiger partial charge >= 0.3 is 5.97 Å².